The first-order valence-electron chi connectivity index (χ1n) is 9.10. The average molecular weight is 347 g/mol. The molecule has 0 aliphatic carbocycles. The summed E-state index contributed by atoms with van der Waals surface area (Å²) in [7, 11) is 4.16. The molecule has 3 heterocycles. The van der Waals surface area contributed by atoms with Crippen LogP contribution in [-0.4, -0.2) is 80.3 Å². The van der Waals surface area contributed by atoms with E-state index in [0.29, 0.717) is 12.6 Å². The Hall–Kier alpha value is -1.86. The van der Waals surface area contributed by atoms with Crippen LogP contribution in [0.2, 0.25) is 0 Å². The van der Waals surface area contributed by atoms with Crippen LogP contribution in [0.15, 0.2) is 18.3 Å². The fourth-order valence-electron chi connectivity index (χ4n) is 3.39. The van der Waals surface area contributed by atoms with Crippen LogP contribution in [0.3, 0.4) is 0 Å². The number of aromatic nitrogens is 1. The molecule has 1 aromatic rings. The molecule has 2 aliphatic heterocycles. The number of piperidine rings is 1. The van der Waals surface area contributed by atoms with E-state index in [4.69, 9.17) is 4.74 Å². The molecule has 0 radical (unpaired) electrons. The van der Waals surface area contributed by atoms with E-state index in [0.717, 1.165) is 63.6 Å². The minimum absolute atomic E-state index is 0.0243. The van der Waals surface area contributed by atoms with Gasteiger partial charge < -0.3 is 24.8 Å². The third-order valence-corrected chi connectivity index (χ3v) is 5.00. The third-order valence-electron chi connectivity index (χ3n) is 5.00. The molecule has 2 fully saturated rings. The number of urea groups is 1. The van der Waals surface area contributed by atoms with E-state index in [1.54, 1.807) is 0 Å². The topological polar surface area (TPSA) is 60.9 Å². The maximum Gasteiger partial charge on any atom is 0.317 e. The number of anilines is 1. The van der Waals surface area contributed by atoms with Gasteiger partial charge in [0.1, 0.15) is 5.82 Å². The second-order valence-corrected chi connectivity index (χ2v) is 6.99. The second-order valence-electron chi connectivity index (χ2n) is 6.99. The largest absolute Gasteiger partial charge is 0.378 e. The molecule has 3 rings (SSSR count). The number of rotatable bonds is 4. The van der Waals surface area contributed by atoms with E-state index >= 15 is 0 Å². The Kier molecular flexibility index (Phi) is 6.09. The Morgan fingerprint density at radius 2 is 2.16 bits per heavy atom. The number of likely N-dealkylation sites (N-methyl/N-ethyl adjacent to an activating group) is 1. The van der Waals surface area contributed by atoms with Gasteiger partial charge in [-0.25, -0.2) is 9.78 Å². The SMILES string of the molecule is CN(C)C1CCCN(C(=O)NCc2ccnc(N3CCOCC3)c2)C1. The molecule has 0 bridgehead atoms. The standard InChI is InChI=1S/C18H29N5O2/c1-21(2)16-4-3-7-23(14-16)18(24)20-13-15-5-6-19-17(12-15)22-8-10-25-11-9-22/h5-6,12,16H,3-4,7-11,13-14H2,1-2H3,(H,20,24). The first-order valence-corrected chi connectivity index (χ1v) is 9.10. The number of hydrogen-bond donors (Lipinski definition) is 1. The smallest absolute Gasteiger partial charge is 0.317 e. The fraction of sp³-hybridized carbons (Fsp3) is 0.667. The van der Waals surface area contributed by atoms with Crippen molar-refractivity contribution in [3.63, 3.8) is 0 Å². The first kappa shape index (κ1) is 17.9. The molecule has 0 aromatic carbocycles. The predicted molar refractivity (Wildman–Crippen MR) is 97.8 cm³/mol. The minimum atomic E-state index is 0.0243. The summed E-state index contributed by atoms with van der Waals surface area (Å²) >= 11 is 0. The summed E-state index contributed by atoms with van der Waals surface area (Å²) in [5.41, 5.74) is 1.08. The quantitative estimate of drug-likeness (QED) is 0.885. The Morgan fingerprint density at radius 1 is 1.36 bits per heavy atom. The van der Waals surface area contributed by atoms with Crippen molar-refractivity contribution in [2.75, 3.05) is 58.4 Å². The number of carbonyl (C=O) groups is 1. The maximum atomic E-state index is 12.5. The molecule has 0 spiro atoms. The van der Waals surface area contributed by atoms with Gasteiger partial charge in [-0.1, -0.05) is 0 Å². The van der Waals surface area contributed by atoms with Crippen molar-refractivity contribution in [1.82, 2.24) is 20.1 Å². The van der Waals surface area contributed by atoms with Gasteiger partial charge in [0.05, 0.1) is 13.2 Å². The third kappa shape index (κ3) is 4.83. The molecule has 1 N–H and O–H groups in total. The summed E-state index contributed by atoms with van der Waals surface area (Å²) in [6, 6.07) is 4.50. The lowest BCUT2D eigenvalue weighted by atomic mass is 10.1. The lowest BCUT2D eigenvalue weighted by Gasteiger charge is -2.36. The van der Waals surface area contributed by atoms with Crippen LogP contribution < -0.4 is 10.2 Å². The number of nitrogens with zero attached hydrogens (tertiary/aromatic N) is 4. The number of ether oxygens (including phenoxy) is 1. The second kappa shape index (κ2) is 8.49. The zero-order chi connectivity index (χ0) is 17.6. The van der Waals surface area contributed by atoms with Crippen LogP contribution in [0.1, 0.15) is 18.4 Å². The van der Waals surface area contributed by atoms with Crippen LogP contribution in [0, 0.1) is 0 Å². The molecule has 2 amide bonds. The van der Waals surface area contributed by atoms with Gasteiger partial charge in [0, 0.05) is 45.0 Å². The van der Waals surface area contributed by atoms with E-state index in [1.807, 2.05) is 17.2 Å². The fourth-order valence-corrected chi connectivity index (χ4v) is 3.39. The van der Waals surface area contributed by atoms with Crippen LogP contribution in [0.25, 0.3) is 0 Å². The number of pyridine rings is 1. The van der Waals surface area contributed by atoms with E-state index in [2.05, 4.69) is 40.3 Å². The van der Waals surface area contributed by atoms with Gasteiger partial charge in [0.2, 0.25) is 0 Å². The maximum absolute atomic E-state index is 12.5. The van der Waals surface area contributed by atoms with Crippen molar-refractivity contribution in [2.24, 2.45) is 0 Å². The normalized spacial score (nSPS) is 21.5. The molecule has 0 saturated carbocycles. The highest BCUT2D eigenvalue weighted by Gasteiger charge is 2.24. The molecule has 25 heavy (non-hydrogen) atoms. The number of hydrogen-bond acceptors (Lipinski definition) is 5. The van der Waals surface area contributed by atoms with Crippen molar-refractivity contribution in [3.05, 3.63) is 23.9 Å². The first-order chi connectivity index (χ1) is 12.1. The van der Waals surface area contributed by atoms with Crippen LogP contribution >= 0.6 is 0 Å². The summed E-state index contributed by atoms with van der Waals surface area (Å²) in [5.74, 6) is 0.959. The highest BCUT2D eigenvalue weighted by atomic mass is 16.5. The molecule has 7 nitrogen and oxygen atoms in total. The van der Waals surface area contributed by atoms with Gasteiger partial charge in [-0.3, -0.25) is 0 Å². The summed E-state index contributed by atoms with van der Waals surface area (Å²) in [4.78, 5) is 23.3. The number of nitrogens with one attached hydrogen (secondary N) is 1. The van der Waals surface area contributed by atoms with Gasteiger partial charge in [-0.2, -0.15) is 0 Å². The molecule has 1 aromatic heterocycles. The monoisotopic (exact) mass is 347 g/mol. The van der Waals surface area contributed by atoms with Crippen LogP contribution in [0.4, 0.5) is 10.6 Å². The van der Waals surface area contributed by atoms with E-state index < -0.39 is 0 Å². The molecular formula is C18H29N5O2. The highest BCUT2D eigenvalue weighted by molar-refractivity contribution is 5.74. The predicted octanol–water partition coefficient (Wildman–Crippen LogP) is 1.15. The van der Waals surface area contributed by atoms with Crippen molar-refractivity contribution in [3.8, 4) is 0 Å². The Bertz CT molecular complexity index is 574. The van der Waals surface area contributed by atoms with Crippen molar-refractivity contribution in [1.29, 1.82) is 0 Å². The Balaban J connectivity index is 1.53. The van der Waals surface area contributed by atoms with Gasteiger partial charge in [0.25, 0.3) is 0 Å². The van der Waals surface area contributed by atoms with Gasteiger partial charge in [-0.15, -0.1) is 0 Å². The molecule has 2 aliphatic rings. The zero-order valence-corrected chi connectivity index (χ0v) is 15.3. The summed E-state index contributed by atoms with van der Waals surface area (Å²) < 4.78 is 5.39. The molecule has 2 saturated heterocycles. The van der Waals surface area contributed by atoms with Crippen molar-refractivity contribution in [2.45, 2.75) is 25.4 Å². The number of morpholine rings is 1. The lowest BCUT2D eigenvalue weighted by molar-refractivity contribution is 0.122. The summed E-state index contributed by atoms with van der Waals surface area (Å²) in [6.07, 6.45) is 4.03. The van der Waals surface area contributed by atoms with E-state index in [-0.39, 0.29) is 6.03 Å². The van der Waals surface area contributed by atoms with Gasteiger partial charge in [0.15, 0.2) is 0 Å². The van der Waals surface area contributed by atoms with E-state index in [1.165, 1.54) is 0 Å². The minimum Gasteiger partial charge on any atom is -0.378 e. The van der Waals surface area contributed by atoms with Gasteiger partial charge in [-0.05, 0) is 44.6 Å². The van der Waals surface area contributed by atoms with Crippen molar-refractivity contribution < 1.29 is 9.53 Å². The summed E-state index contributed by atoms with van der Waals surface area (Å²) in [6.45, 7) is 5.38. The molecule has 1 atom stereocenters. The average Bonchev–Trinajstić information content (AvgIpc) is 2.67. The van der Waals surface area contributed by atoms with Crippen LogP contribution in [-0.2, 0) is 11.3 Å². The van der Waals surface area contributed by atoms with Crippen LogP contribution in [0.5, 0.6) is 0 Å². The lowest BCUT2D eigenvalue weighted by Crippen LogP contribution is -2.50. The Labute approximate surface area is 149 Å². The molecule has 138 valence electrons. The van der Waals surface area contributed by atoms with Gasteiger partial charge >= 0.3 is 6.03 Å². The number of likely N-dealkylation sites (tertiary alicyclic amines) is 1. The molecule has 1 unspecified atom stereocenters. The van der Waals surface area contributed by atoms with E-state index in [9.17, 15) is 4.79 Å². The summed E-state index contributed by atoms with van der Waals surface area (Å²) in [5, 5.41) is 3.06. The molecule has 7 heteroatoms. The number of amides is 2. The number of carbonyl (C=O) groups excluding carboxylic acids is 1. The molecular weight excluding hydrogens is 318 g/mol. The highest BCUT2D eigenvalue weighted by Crippen LogP contribution is 2.16. The van der Waals surface area contributed by atoms with Crippen molar-refractivity contribution >= 4 is 11.8 Å². The Morgan fingerprint density at radius 3 is 2.92 bits per heavy atom. The zero-order valence-electron chi connectivity index (χ0n) is 15.3.